The SMILES string of the molecule is CCCCC[NH2+]CC(C)O.[OH-]. The quantitative estimate of drug-likeness (QED) is 0.539. The molecule has 1 atom stereocenters. The van der Waals surface area contributed by atoms with Gasteiger partial charge >= 0.3 is 0 Å². The van der Waals surface area contributed by atoms with E-state index in [1.165, 1.54) is 25.8 Å². The van der Waals surface area contributed by atoms with Crippen LogP contribution in [0.4, 0.5) is 0 Å². The van der Waals surface area contributed by atoms with Crippen LogP contribution in [-0.4, -0.2) is 29.8 Å². The van der Waals surface area contributed by atoms with E-state index in [2.05, 4.69) is 12.2 Å². The highest BCUT2D eigenvalue weighted by Gasteiger charge is 1.95. The van der Waals surface area contributed by atoms with Crippen molar-refractivity contribution in [2.45, 2.75) is 39.2 Å². The third-order valence-electron chi connectivity index (χ3n) is 1.52. The number of unbranched alkanes of at least 4 members (excludes halogenated alkanes) is 2. The molecule has 0 saturated heterocycles. The summed E-state index contributed by atoms with van der Waals surface area (Å²) < 4.78 is 0. The topological polar surface area (TPSA) is 66.8 Å². The van der Waals surface area contributed by atoms with Gasteiger partial charge in [0.05, 0.1) is 12.6 Å². The zero-order valence-corrected chi connectivity index (χ0v) is 7.58. The molecule has 0 saturated carbocycles. The molecule has 0 heterocycles. The Balaban J connectivity index is 0. The second-order valence-corrected chi connectivity index (χ2v) is 2.87. The first-order chi connectivity index (χ1) is 4.77. The van der Waals surface area contributed by atoms with Crippen LogP contribution in [0.5, 0.6) is 0 Å². The van der Waals surface area contributed by atoms with Crippen molar-refractivity contribution in [1.29, 1.82) is 0 Å². The van der Waals surface area contributed by atoms with Crippen LogP contribution in [0.3, 0.4) is 0 Å². The van der Waals surface area contributed by atoms with E-state index in [0.717, 1.165) is 6.54 Å². The number of hydrogen-bond donors (Lipinski definition) is 2. The number of aliphatic hydroxyl groups excluding tert-OH is 1. The Morgan fingerprint density at radius 1 is 1.36 bits per heavy atom. The van der Waals surface area contributed by atoms with Gasteiger partial charge in [0, 0.05) is 0 Å². The fraction of sp³-hybridized carbons (Fsp3) is 1.00. The molecule has 4 N–H and O–H groups in total. The molecule has 0 aliphatic heterocycles. The van der Waals surface area contributed by atoms with Crippen LogP contribution >= 0.6 is 0 Å². The Kier molecular flexibility index (Phi) is 12.1. The van der Waals surface area contributed by atoms with Crippen molar-refractivity contribution in [2.75, 3.05) is 13.1 Å². The predicted molar refractivity (Wildman–Crippen MR) is 44.8 cm³/mol. The number of quaternary nitrogens is 1. The van der Waals surface area contributed by atoms with E-state index < -0.39 is 0 Å². The molecule has 0 amide bonds. The molecule has 3 nitrogen and oxygen atoms in total. The number of hydrogen-bond acceptors (Lipinski definition) is 2. The molecule has 0 aromatic rings. The van der Waals surface area contributed by atoms with Gasteiger partial charge < -0.3 is 15.9 Å². The highest BCUT2D eigenvalue weighted by atomic mass is 16.3. The standard InChI is InChI=1S/C8H19NO.H2O/c1-3-4-5-6-9-7-8(2)10;/h8-10H,3-7H2,1-2H3;1H2. The lowest BCUT2D eigenvalue weighted by Gasteiger charge is -2.02. The van der Waals surface area contributed by atoms with Gasteiger partial charge in [-0.25, -0.2) is 0 Å². The first kappa shape index (κ1) is 13.5. The highest BCUT2D eigenvalue weighted by Crippen LogP contribution is 1.88. The van der Waals surface area contributed by atoms with Crippen molar-refractivity contribution in [1.82, 2.24) is 0 Å². The second kappa shape index (κ2) is 9.88. The van der Waals surface area contributed by atoms with Crippen molar-refractivity contribution in [3.63, 3.8) is 0 Å². The Morgan fingerprint density at radius 3 is 2.45 bits per heavy atom. The van der Waals surface area contributed by atoms with Crippen LogP contribution in [-0.2, 0) is 0 Å². The zero-order chi connectivity index (χ0) is 7.82. The summed E-state index contributed by atoms with van der Waals surface area (Å²) in [6.45, 7) is 6.05. The molecule has 0 rings (SSSR count). The Labute approximate surface area is 69.1 Å². The minimum Gasteiger partial charge on any atom is -0.870 e. The van der Waals surface area contributed by atoms with Gasteiger partial charge in [-0.2, -0.15) is 0 Å². The maximum atomic E-state index is 8.88. The van der Waals surface area contributed by atoms with E-state index in [0.29, 0.717) is 0 Å². The molecule has 0 radical (unpaired) electrons. The first-order valence-corrected chi connectivity index (χ1v) is 4.27. The van der Waals surface area contributed by atoms with Crippen molar-refractivity contribution in [2.24, 2.45) is 0 Å². The molecule has 3 heteroatoms. The minimum absolute atomic E-state index is 0. The van der Waals surface area contributed by atoms with Crippen molar-refractivity contribution >= 4 is 0 Å². The highest BCUT2D eigenvalue weighted by molar-refractivity contribution is 4.37. The molecule has 0 fully saturated rings. The molecular formula is C8H21NO2. The van der Waals surface area contributed by atoms with Gasteiger partial charge in [-0.3, -0.25) is 0 Å². The molecule has 0 aliphatic carbocycles. The third-order valence-corrected chi connectivity index (χ3v) is 1.52. The van der Waals surface area contributed by atoms with Crippen LogP contribution in [0, 0.1) is 0 Å². The summed E-state index contributed by atoms with van der Waals surface area (Å²) in [6.07, 6.45) is 3.73. The zero-order valence-electron chi connectivity index (χ0n) is 7.58. The van der Waals surface area contributed by atoms with E-state index in [1.807, 2.05) is 6.92 Å². The molecule has 0 aliphatic rings. The normalized spacial score (nSPS) is 12.3. The Bertz CT molecular complexity index is 67.1. The van der Waals surface area contributed by atoms with Gasteiger partial charge in [0.1, 0.15) is 6.54 Å². The maximum absolute atomic E-state index is 8.88. The smallest absolute Gasteiger partial charge is 0.102 e. The Hall–Kier alpha value is -0.120. The lowest BCUT2D eigenvalue weighted by Crippen LogP contribution is -2.86. The summed E-state index contributed by atoms with van der Waals surface area (Å²) in [4.78, 5) is 0. The molecule has 0 bridgehead atoms. The average Bonchev–Trinajstić information content (AvgIpc) is 1.87. The summed E-state index contributed by atoms with van der Waals surface area (Å²) in [6, 6.07) is 0. The number of nitrogens with two attached hydrogens (primary N) is 1. The molecule has 0 aromatic heterocycles. The van der Waals surface area contributed by atoms with E-state index in [4.69, 9.17) is 5.11 Å². The molecular weight excluding hydrogens is 142 g/mol. The van der Waals surface area contributed by atoms with Crippen molar-refractivity contribution in [3.8, 4) is 0 Å². The van der Waals surface area contributed by atoms with Gasteiger partial charge in [-0.05, 0) is 19.8 Å². The molecule has 0 aromatic carbocycles. The first-order valence-electron chi connectivity index (χ1n) is 4.27. The lowest BCUT2D eigenvalue weighted by molar-refractivity contribution is -0.660. The number of rotatable bonds is 6. The van der Waals surface area contributed by atoms with E-state index in [9.17, 15) is 0 Å². The fourth-order valence-electron chi connectivity index (χ4n) is 0.898. The lowest BCUT2D eigenvalue weighted by atomic mass is 10.2. The summed E-state index contributed by atoms with van der Waals surface area (Å²) in [5.74, 6) is 0. The predicted octanol–water partition coefficient (Wildman–Crippen LogP) is -0.0560. The fourth-order valence-corrected chi connectivity index (χ4v) is 0.898. The monoisotopic (exact) mass is 163 g/mol. The minimum atomic E-state index is -0.151. The second-order valence-electron chi connectivity index (χ2n) is 2.87. The van der Waals surface area contributed by atoms with Crippen molar-refractivity contribution < 1.29 is 15.9 Å². The van der Waals surface area contributed by atoms with Gasteiger partial charge in [0.2, 0.25) is 0 Å². The molecule has 70 valence electrons. The van der Waals surface area contributed by atoms with Gasteiger partial charge in [-0.15, -0.1) is 0 Å². The third kappa shape index (κ3) is 13.0. The molecule has 0 spiro atoms. The average molecular weight is 163 g/mol. The summed E-state index contributed by atoms with van der Waals surface area (Å²) in [5, 5.41) is 11.1. The van der Waals surface area contributed by atoms with E-state index in [1.54, 1.807) is 0 Å². The molecule has 1 unspecified atom stereocenters. The van der Waals surface area contributed by atoms with Crippen LogP contribution in [0.2, 0.25) is 0 Å². The van der Waals surface area contributed by atoms with Gasteiger partial charge in [-0.1, -0.05) is 13.3 Å². The number of aliphatic hydroxyl groups is 1. The van der Waals surface area contributed by atoms with Crippen LogP contribution in [0.1, 0.15) is 33.1 Å². The summed E-state index contributed by atoms with van der Waals surface area (Å²) >= 11 is 0. The van der Waals surface area contributed by atoms with E-state index in [-0.39, 0.29) is 11.6 Å². The summed E-state index contributed by atoms with van der Waals surface area (Å²) in [7, 11) is 0. The largest absolute Gasteiger partial charge is 0.870 e. The van der Waals surface area contributed by atoms with Gasteiger partial charge in [0.25, 0.3) is 0 Å². The maximum Gasteiger partial charge on any atom is 0.102 e. The summed E-state index contributed by atoms with van der Waals surface area (Å²) in [5.41, 5.74) is 0. The van der Waals surface area contributed by atoms with Crippen molar-refractivity contribution in [3.05, 3.63) is 0 Å². The van der Waals surface area contributed by atoms with Crippen LogP contribution in [0.25, 0.3) is 0 Å². The van der Waals surface area contributed by atoms with Gasteiger partial charge in [0.15, 0.2) is 0 Å². The Morgan fingerprint density at radius 2 is 2.00 bits per heavy atom. The molecule has 11 heavy (non-hydrogen) atoms. The van der Waals surface area contributed by atoms with Crippen LogP contribution < -0.4 is 5.32 Å². The van der Waals surface area contributed by atoms with Crippen LogP contribution in [0.15, 0.2) is 0 Å². The van der Waals surface area contributed by atoms with E-state index >= 15 is 0 Å².